The first-order valence-corrected chi connectivity index (χ1v) is 9.20. The maximum absolute atomic E-state index is 12.5. The van der Waals surface area contributed by atoms with E-state index in [-0.39, 0.29) is 24.8 Å². The predicted molar refractivity (Wildman–Crippen MR) is 100 cm³/mol. The zero-order chi connectivity index (χ0) is 19.9. The van der Waals surface area contributed by atoms with Gasteiger partial charge in [0.05, 0.1) is 0 Å². The Labute approximate surface area is 159 Å². The zero-order valence-corrected chi connectivity index (χ0v) is 16.2. The topological polar surface area (TPSA) is 91.8 Å². The second kappa shape index (κ2) is 9.34. The third-order valence-electron chi connectivity index (χ3n) is 4.07. The van der Waals surface area contributed by atoms with Crippen LogP contribution in [0.2, 0.25) is 0 Å². The molecule has 2 heterocycles. The molecule has 1 aliphatic rings. The Morgan fingerprint density at radius 1 is 1.07 bits per heavy atom. The summed E-state index contributed by atoms with van der Waals surface area (Å²) in [7, 11) is 0. The summed E-state index contributed by atoms with van der Waals surface area (Å²) in [6.07, 6.45) is 3.59. The van der Waals surface area contributed by atoms with Crippen molar-refractivity contribution < 1.29 is 19.1 Å². The number of nitrogens with zero attached hydrogens (tertiary/aromatic N) is 3. The van der Waals surface area contributed by atoms with Gasteiger partial charge in [0.2, 0.25) is 5.91 Å². The second-order valence-electron chi connectivity index (χ2n) is 7.44. The normalized spacial score (nSPS) is 15.1. The number of hydrogen-bond donors (Lipinski definition) is 1. The Hall–Kier alpha value is -2.64. The van der Waals surface area contributed by atoms with E-state index in [1.807, 2.05) is 0 Å². The van der Waals surface area contributed by atoms with Crippen molar-refractivity contribution in [1.82, 2.24) is 20.1 Å². The lowest BCUT2D eigenvalue weighted by Crippen LogP contribution is -2.39. The number of aromatic nitrogens is 1. The summed E-state index contributed by atoms with van der Waals surface area (Å²) >= 11 is 0. The van der Waals surface area contributed by atoms with Gasteiger partial charge in [0, 0.05) is 57.1 Å². The molecular formula is C19H28N4O4. The molecule has 1 aliphatic heterocycles. The molecule has 0 saturated carbocycles. The number of hydrogen-bond acceptors (Lipinski definition) is 5. The number of pyridine rings is 1. The largest absolute Gasteiger partial charge is 0.444 e. The molecular weight excluding hydrogens is 348 g/mol. The van der Waals surface area contributed by atoms with Crippen molar-refractivity contribution in [2.24, 2.45) is 0 Å². The van der Waals surface area contributed by atoms with E-state index in [9.17, 15) is 14.4 Å². The lowest BCUT2D eigenvalue weighted by Gasteiger charge is -2.23. The van der Waals surface area contributed by atoms with E-state index in [1.165, 1.54) is 0 Å². The minimum absolute atomic E-state index is 0.0377. The lowest BCUT2D eigenvalue weighted by molar-refractivity contribution is -0.130. The molecule has 148 valence electrons. The van der Waals surface area contributed by atoms with Gasteiger partial charge in [-0.05, 0) is 39.3 Å². The van der Waals surface area contributed by atoms with Gasteiger partial charge < -0.3 is 19.9 Å². The van der Waals surface area contributed by atoms with E-state index in [2.05, 4.69) is 10.3 Å². The standard InChI is InChI=1S/C19H28N4O4/c1-19(2,3)27-18(26)21-10-7-16(24)22-11-4-12-23(14-13-22)17(25)15-5-8-20-9-6-15/h5-6,8-9H,4,7,10-14H2,1-3H3,(H,21,26). The Morgan fingerprint density at radius 3 is 2.37 bits per heavy atom. The molecule has 0 unspecified atom stereocenters. The van der Waals surface area contributed by atoms with Crippen molar-refractivity contribution in [2.45, 2.75) is 39.2 Å². The molecule has 8 heteroatoms. The minimum atomic E-state index is -0.566. The van der Waals surface area contributed by atoms with E-state index in [0.717, 1.165) is 6.42 Å². The molecule has 27 heavy (non-hydrogen) atoms. The average molecular weight is 376 g/mol. The van der Waals surface area contributed by atoms with E-state index in [1.54, 1.807) is 55.1 Å². The van der Waals surface area contributed by atoms with Crippen LogP contribution < -0.4 is 5.32 Å². The van der Waals surface area contributed by atoms with Crippen LogP contribution in [-0.4, -0.2) is 71.0 Å². The highest BCUT2D eigenvalue weighted by atomic mass is 16.6. The predicted octanol–water partition coefficient (Wildman–Crippen LogP) is 1.67. The fraction of sp³-hybridized carbons (Fsp3) is 0.579. The second-order valence-corrected chi connectivity index (χ2v) is 7.44. The summed E-state index contributed by atoms with van der Waals surface area (Å²) in [5.74, 6) is -0.0810. The third-order valence-corrected chi connectivity index (χ3v) is 4.07. The summed E-state index contributed by atoms with van der Waals surface area (Å²) in [5.41, 5.74) is 0.0373. The maximum atomic E-state index is 12.5. The van der Waals surface area contributed by atoms with E-state index >= 15 is 0 Å². The van der Waals surface area contributed by atoms with Gasteiger partial charge in [0.1, 0.15) is 5.60 Å². The first kappa shape index (κ1) is 20.7. The van der Waals surface area contributed by atoms with E-state index in [4.69, 9.17) is 4.74 Å². The van der Waals surface area contributed by atoms with Crippen LogP contribution in [0.4, 0.5) is 4.79 Å². The van der Waals surface area contributed by atoms with Crippen LogP contribution in [0.15, 0.2) is 24.5 Å². The van der Waals surface area contributed by atoms with Crippen molar-refractivity contribution in [1.29, 1.82) is 0 Å². The highest BCUT2D eigenvalue weighted by Gasteiger charge is 2.23. The number of nitrogens with one attached hydrogen (secondary N) is 1. The van der Waals surface area contributed by atoms with Crippen LogP contribution in [0, 0.1) is 0 Å². The highest BCUT2D eigenvalue weighted by molar-refractivity contribution is 5.94. The monoisotopic (exact) mass is 376 g/mol. The quantitative estimate of drug-likeness (QED) is 0.863. The number of ether oxygens (including phenoxy) is 1. The Balaban J connectivity index is 1.77. The zero-order valence-electron chi connectivity index (χ0n) is 16.2. The Bertz CT molecular complexity index is 657. The van der Waals surface area contributed by atoms with Crippen molar-refractivity contribution in [3.8, 4) is 0 Å². The molecule has 1 saturated heterocycles. The van der Waals surface area contributed by atoms with Crippen LogP contribution in [0.3, 0.4) is 0 Å². The highest BCUT2D eigenvalue weighted by Crippen LogP contribution is 2.10. The molecule has 3 amide bonds. The molecule has 0 aromatic carbocycles. The van der Waals surface area contributed by atoms with Gasteiger partial charge in [-0.3, -0.25) is 14.6 Å². The van der Waals surface area contributed by atoms with Crippen LogP contribution >= 0.6 is 0 Å². The van der Waals surface area contributed by atoms with E-state index in [0.29, 0.717) is 31.7 Å². The molecule has 0 spiro atoms. The van der Waals surface area contributed by atoms with Crippen LogP contribution in [0.25, 0.3) is 0 Å². The fourth-order valence-electron chi connectivity index (χ4n) is 2.79. The molecule has 1 N–H and O–H groups in total. The number of alkyl carbamates (subject to hydrolysis) is 1. The van der Waals surface area contributed by atoms with Gasteiger partial charge >= 0.3 is 6.09 Å². The Morgan fingerprint density at radius 2 is 1.70 bits per heavy atom. The van der Waals surface area contributed by atoms with Crippen molar-refractivity contribution in [2.75, 3.05) is 32.7 Å². The first-order valence-electron chi connectivity index (χ1n) is 9.20. The van der Waals surface area contributed by atoms with Gasteiger partial charge in [0.25, 0.3) is 5.91 Å². The first-order chi connectivity index (χ1) is 12.8. The van der Waals surface area contributed by atoms with Gasteiger partial charge in [0.15, 0.2) is 0 Å². The van der Waals surface area contributed by atoms with Gasteiger partial charge in [-0.25, -0.2) is 4.79 Å². The Kier molecular flexibility index (Phi) is 7.15. The van der Waals surface area contributed by atoms with Gasteiger partial charge in [-0.1, -0.05) is 0 Å². The number of carbonyl (C=O) groups excluding carboxylic acids is 3. The SMILES string of the molecule is CC(C)(C)OC(=O)NCCC(=O)N1CCCN(C(=O)c2ccncc2)CC1. The van der Waals surface area contributed by atoms with Crippen molar-refractivity contribution >= 4 is 17.9 Å². The lowest BCUT2D eigenvalue weighted by atomic mass is 10.2. The summed E-state index contributed by atoms with van der Waals surface area (Å²) in [6, 6.07) is 3.39. The molecule has 8 nitrogen and oxygen atoms in total. The van der Waals surface area contributed by atoms with E-state index < -0.39 is 11.7 Å². The molecule has 0 atom stereocenters. The van der Waals surface area contributed by atoms with Crippen LogP contribution in [0.1, 0.15) is 44.0 Å². The van der Waals surface area contributed by atoms with Crippen LogP contribution in [-0.2, 0) is 9.53 Å². The molecule has 1 fully saturated rings. The molecule has 2 rings (SSSR count). The fourth-order valence-corrected chi connectivity index (χ4v) is 2.79. The smallest absolute Gasteiger partial charge is 0.407 e. The maximum Gasteiger partial charge on any atom is 0.407 e. The van der Waals surface area contributed by atoms with Gasteiger partial charge in [-0.15, -0.1) is 0 Å². The summed E-state index contributed by atoms with van der Waals surface area (Å²) < 4.78 is 5.14. The molecule has 1 aromatic rings. The third kappa shape index (κ3) is 6.88. The van der Waals surface area contributed by atoms with Crippen LogP contribution in [0.5, 0.6) is 0 Å². The van der Waals surface area contributed by atoms with Crippen molar-refractivity contribution in [3.05, 3.63) is 30.1 Å². The average Bonchev–Trinajstić information content (AvgIpc) is 2.86. The minimum Gasteiger partial charge on any atom is -0.444 e. The number of amides is 3. The molecule has 0 aliphatic carbocycles. The van der Waals surface area contributed by atoms with Crippen molar-refractivity contribution in [3.63, 3.8) is 0 Å². The molecule has 0 bridgehead atoms. The van der Waals surface area contributed by atoms with Gasteiger partial charge in [-0.2, -0.15) is 0 Å². The number of carbonyl (C=O) groups is 3. The molecule has 0 radical (unpaired) electrons. The molecule has 1 aromatic heterocycles. The summed E-state index contributed by atoms with van der Waals surface area (Å²) in [4.78, 5) is 44.0. The summed E-state index contributed by atoms with van der Waals surface area (Å²) in [5, 5.41) is 2.59. The number of rotatable bonds is 4. The summed E-state index contributed by atoms with van der Waals surface area (Å²) in [6.45, 7) is 7.78.